The number of hydrogen-bond acceptors (Lipinski definition) is 1. The summed E-state index contributed by atoms with van der Waals surface area (Å²) in [5, 5.41) is 2.28. The number of hydrogen-bond donors (Lipinski definition) is 0. The van der Waals surface area contributed by atoms with Crippen LogP contribution in [0.4, 0.5) is 17.1 Å². The molecule has 0 radical (unpaired) electrons. The van der Waals surface area contributed by atoms with Crippen LogP contribution in [-0.4, -0.2) is 0 Å². The minimum atomic E-state index is -0.390. The molecular formula is C52H37N. The minimum Gasteiger partial charge on any atom is -0.311 e. The molecule has 0 saturated heterocycles. The quantitative estimate of drug-likeness (QED) is 0.154. The molecule has 0 aliphatic rings. The van der Waals surface area contributed by atoms with Crippen molar-refractivity contribution < 1.29 is 11.0 Å². The first kappa shape index (κ1) is 24.3. The van der Waals surface area contributed by atoms with Crippen molar-refractivity contribution in [2.24, 2.45) is 0 Å². The first-order valence-electron chi connectivity index (χ1n) is 21.5. The van der Waals surface area contributed by atoms with E-state index in [2.05, 4.69) is 36.4 Å². The van der Waals surface area contributed by atoms with Crippen molar-refractivity contribution in [2.45, 2.75) is 0 Å². The third kappa shape index (κ3) is 6.65. The van der Waals surface area contributed by atoms with E-state index in [4.69, 9.17) is 2.74 Å². The van der Waals surface area contributed by atoms with Crippen LogP contribution < -0.4 is 4.90 Å². The Hall–Kier alpha value is -6.96. The average Bonchev–Trinajstić information content (AvgIpc) is 3.31. The fourth-order valence-electron chi connectivity index (χ4n) is 6.71. The van der Waals surface area contributed by atoms with Crippen molar-refractivity contribution in [3.05, 3.63) is 224 Å². The van der Waals surface area contributed by atoms with Gasteiger partial charge in [0.05, 0.1) is 11.0 Å². The Morgan fingerprint density at radius 3 is 1.32 bits per heavy atom. The van der Waals surface area contributed by atoms with Crippen LogP contribution in [-0.2, 0) is 0 Å². The highest BCUT2D eigenvalue weighted by atomic mass is 15.1. The molecule has 0 heterocycles. The Balaban J connectivity index is 1.20. The topological polar surface area (TPSA) is 3.24 Å². The van der Waals surface area contributed by atoms with Crippen LogP contribution in [0, 0.1) is 0 Å². The Morgan fingerprint density at radius 2 is 0.698 bits per heavy atom. The lowest BCUT2D eigenvalue weighted by Crippen LogP contribution is -2.09. The maximum Gasteiger partial charge on any atom is 0.0645 e. The summed E-state index contributed by atoms with van der Waals surface area (Å²) < 4.78 is 74.5. The van der Waals surface area contributed by atoms with Crippen molar-refractivity contribution in [3.8, 4) is 55.6 Å². The molecule has 0 bridgehead atoms. The number of nitrogens with zero attached hydrogens (tertiary/aromatic N) is 1. The van der Waals surface area contributed by atoms with Crippen LogP contribution in [0.5, 0.6) is 0 Å². The van der Waals surface area contributed by atoms with Crippen LogP contribution >= 0.6 is 0 Å². The fraction of sp³-hybridized carbons (Fsp3) is 0. The van der Waals surface area contributed by atoms with E-state index in [1.54, 1.807) is 48.5 Å². The second kappa shape index (κ2) is 14.3. The van der Waals surface area contributed by atoms with Crippen molar-refractivity contribution >= 4 is 27.8 Å². The van der Waals surface area contributed by atoms with Crippen molar-refractivity contribution in [1.82, 2.24) is 0 Å². The summed E-state index contributed by atoms with van der Waals surface area (Å²) in [6, 6.07) is 53.2. The second-order valence-corrected chi connectivity index (χ2v) is 12.7. The predicted molar refractivity (Wildman–Crippen MR) is 226 cm³/mol. The largest absolute Gasteiger partial charge is 0.311 e. The van der Waals surface area contributed by atoms with Gasteiger partial charge in [0, 0.05) is 17.1 Å². The number of fused-ring (bicyclic) bond motifs is 1. The Morgan fingerprint density at radius 1 is 0.283 bits per heavy atom. The molecule has 0 aromatic heterocycles. The fourth-order valence-corrected chi connectivity index (χ4v) is 6.71. The van der Waals surface area contributed by atoms with Gasteiger partial charge in [-0.05, 0) is 109 Å². The number of anilines is 3. The summed E-state index contributed by atoms with van der Waals surface area (Å²) in [6.45, 7) is 0. The molecule has 1 heteroatoms. The van der Waals surface area contributed by atoms with E-state index in [-0.39, 0.29) is 70.8 Å². The highest BCUT2D eigenvalue weighted by Crippen LogP contribution is 2.39. The maximum atomic E-state index is 9.44. The van der Waals surface area contributed by atoms with Gasteiger partial charge in [0.15, 0.2) is 0 Å². The van der Waals surface area contributed by atoms with Gasteiger partial charge in [-0.1, -0.05) is 182 Å². The Kier molecular flexibility index (Phi) is 6.57. The zero-order valence-corrected chi connectivity index (χ0v) is 28.7. The van der Waals surface area contributed by atoms with Crippen molar-refractivity contribution in [3.63, 3.8) is 0 Å². The SMILES string of the molecule is [2H]c1c([2H])c(N(c2ccc(-c3cccc(-c4cccc5ccccc45)c3)cc2)c2c([2H])c([2H])c(-c3ccc(-c4ccccc4)cc3)c([2H])c2[2H])c([2H])c([2H])c1-c1ccccc1. The van der Waals surface area contributed by atoms with E-state index < -0.39 is 0 Å². The van der Waals surface area contributed by atoms with E-state index in [9.17, 15) is 8.22 Å². The van der Waals surface area contributed by atoms with Gasteiger partial charge >= 0.3 is 0 Å². The van der Waals surface area contributed by atoms with Crippen molar-refractivity contribution in [1.29, 1.82) is 0 Å². The summed E-state index contributed by atoms with van der Waals surface area (Å²) in [4.78, 5) is 1.34. The Labute approximate surface area is 323 Å². The maximum absolute atomic E-state index is 9.44. The summed E-state index contributed by atoms with van der Waals surface area (Å²) in [7, 11) is 0. The van der Waals surface area contributed by atoms with Crippen LogP contribution in [0.2, 0.25) is 0 Å². The van der Waals surface area contributed by atoms with Gasteiger partial charge in [-0.15, -0.1) is 0 Å². The smallest absolute Gasteiger partial charge is 0.0645 e. The van der Waals surface area contributed by atoms with Gasteiger partial charge in [-0.2, -0.15) is 0 Å². The molecular weight excluding hydrogens is 639 g/mol. The molecule has 1 nitrogen and oxygen atoms in total. The summed E-state index contributed by atoms with van der Waals surface area (Å²) >= 11 is 0. The van der Waals surface area contributed by atoms with E-state index >= 15 is 0 Å². The highest BCUT2D eigenvalue weighted by Gasteiger charge is 2.14. The van der Waals surface area contributed by atoms with Crippen LogP contribution in [0.15, 0.2) is 224 Å². The normalized spacial score (nSPS) is 13.1. The first-order valence-corrected chi connectivity index (χ1v) is 17.5. The average molecular weight is 684 g/mol. The van der Waals surface area contributed by atoms with Crippen LogP contribution in [0.1, 0.15) is 11.0 Å². The second-order valence-electron chi connectivity index (χ2n) is 12.7. The van der Waals surface area contributed by atoms with Crippen LogP contribution in [0.3, 0.4) is 0 Å². The van der Waals surface area contributed by atoms with E-state index in [1.807, 2.05) is 91.0 Å². The number of benzene rings is 9. The van der Waals surface area contributed by atoms with Gasteiger partial charge in [0.1, 0.15) is 0 Å². The lowest BCUT2D eigenvalue weighted by molar-refractivity contribution is 1.28. The molecule has 0 aliphatic heterocycles. The molecule has 0 saturated carbocycles. The molecule has 9 aromatic carbocycles. The molecule has 0 aliphatic carbocycles. The van der Waals surface area contributed by atoms with E-state index in [0.29, 0.717) is 16.8 Å². The zero-order valence-electron chi connectivity index (χ0n) is 36.7. The number of rotatable bonds is 8. The molecule has 0 amide bonds. The lowest BCUT2D eigenvalue weighted by Gasteiger charge is -2.26. The molecule has 9 rings (SSSR count). The third-order valence-electron chi connectivity index (χ3n) is 9.44. The van der Waals surface area contributed by atoms with Gasteiger partial charge in [0.2, 0.25) is 0 Å². The van der Waals surface area contributed by atoms with Gasteiger partial charge in [-0.25, -0.2) is 0 Å². The molecule has 0 N–H and O–H groups in total. The Bertz CT molecular complexity index is 3030. The zero-order chi connectivity index (χ0) is 42.4. The molecule has 9 aromatic rings. The first-order chi connectivity index (χ1) is 29.6. The lowest BCUT2D eigenvalue weighted by atomic mass is 9.95. The molecule has 53 heavy (non-hydrogen) atoms. The minimum absolute atomic E-state index is 0.110. The summed E-state index contributed by atoms with van der Waals surface area (Å²) in [6.07, 6.45) is 0. The molecule has 0 atom stereocenters. The summed E-state index contributed by atoms with van der Waals surface area (Å²) in [5.74, 6) is 0. The third-order valence-corrected chi connectivity index (χ3v) is 9.44. The monoisotopic (exact) mass is 683 g/mol. The molecule has 0 unspecified atom stereocenters. The van der Waals surface area contributed by atoms with E-state index in [0.717, 1.165) is 44.2 Å². The summed E-state index contributed by atoms with van der Waals surface area (Å²) in [5.41, 5.74) is 7.07. The van der Waals surface area contributed by atoms with Crippen LogP contribution in [0.25, 0.3) is 66.4 Å². The van der Waals surface area contributed by atoms with Gasteiger partial charge < -0.3 is 4.90 Å². The van der Waals surface area contributed by atoms with Gasteiger partial charge in [-0.3, -0.25) is 0 Å². The predicted octanol–water partition coefficient (Wildman–Crippen LogP) is 14.6. The van der Waals surface area contributed by atoms with Gasteiger partial charge in [0.25, 0.3) is 0 Å². The van der Waals surface area contributed by atoms with E-state index in [1.165, 1.54) is 4.90 Å². The standard InChI is InChI=1S/C52H37N/c1-3-11-38(12-4-1)40-21-23-41(24-22-40)43-27-33-49(34-28-43)53(48-31-25-42(26-32-48)39-13-5-2-6-14-39)50-35-29-44(30-36-50)46-17-9-18-47(37-46)52-20-10-16-45-15-7-8-19-51(45)52/h1-37H/i25D,26D,27D,28D,31D,32D,33D,34D. The highest BCUT2D eigenvalue weighted by molar-refractivity contribution is 5.97. The van der Waals surface area contributed by atoms with Crippen molar-refractivity contribution in [2.75, 3.05) is 4.90 Å². The molecule has 250 valence electrons. The molecule has 0 spiro atoms. The molecule has 0 fully saturated rings.